The first-order valence-corrected chi connectivity index (χ1v) is 22.7. The van der Waals surface area contributed by atoms with Crippen molar-refractivity contribution in [3.8, 4) is 0 Å². The van der Waals surface area contributed by atoms with Crippen molar-refractivity contribution in [2.45, 2.75) is 37.8 Å². The van der Waals surface area contributed by atoms with Gasteiger partial charge in [-0.25, -0.2) is 15.0 Å². The summed E-state index contributed by atoms with van der Waals surface area (Å²) in [4.78, 5) is 16.4. The van der Waals surface area contributed by atoms with Gasteiger partial charge in [-0.05, 0) is 75.6 Å². The zero-order valence-corrected chi connectivity index (χ0v) is 35.4. The third-order valence-corrected chi connectivity index (χ3v) is 14.0. The largest absolute Gasteiger partial charge is 0.351 e. The normalized spacial score (nSPS) is 21.0. The number of aryl methyl sites for hydroxylation is 1. The first-order valence-electron chi connectivity index (χ1n) is 21.9. The molecule has 4 unspecified atom stereocenters. The average Bonchev–Trinajstić information content (AvgIpc) is 3.75. The van der Waals surface area contributed by atoms with Gasteiger partial charge in [0.2, 0.25) is 0 Å². The lowest BCUT2D eigenvalue weighted by atomic mass is 9.83. The Hall–Kier alpha value is -7.19. The summed E-state index contributed by atoms with van der Waals surface area (Å²) in [5.41, 5.74) is 10.7. The van der Waals surface area contributed by atoms with E-state index in [4.69, 9.17) is 15.0 Å². The molecule has 12 rings (SSSR count). The molecule has 1 aromatic heterocycles. The van der Waals surface area contributed by atoms with E-state index >= 15 is 0 Å². The first-order chi connectivity index (χ1) is 31.2. The van der Waals surface area contributed by atoms with Crippen LogP contribution in [0.25, 0.3) is 42.1 Å². The smallest absolute Gasteiger partial charge is 0.148 e. The molecule has 2 aliphatic carbocycles. The van der Waals surface area contributed by atoms with Gasteiger partial charge in [-0.1, -0.05) is 176 Å². The maximum atomic E-state index is 5.56. The molecular weight excluding hydrogens is 789 g/mol. The number of allylic oxidation sites excluding steroid dienone is 3. The molecule has 7 aromatic carbocycles. The molecule has 0 radical (unpaired) electrons. The number of amidine groups is 3. The Bertz CT molecular complexity index is 3260. The summed E-state index contributed by atoms with van der Waals surface area (Å²) < 4.78 is 2.57. The van der Waals surface area contributed by atoms with Crippen LogP contribution < -0.4 is 16.0 Å². The molecule has 7 heteroatoms. The van der Waals surface area contributed by atoms with Crippen LogP contribution in [0.1, 0.15) is 58.6 Å². The van der Waals surface area contributed by atoms with Crippen LogP contribution >= 0.6 is 11.3 Å². The molecule has 0 saturated carbocycles. The lowest BCUT2D eigenvalue weighted by Gasteiger charge is -2.37. The molecule has 3 heterocycles. The number of hydrogen-bond donors (Lipinski definition) is 3. The van der Waals surface area contributed by atoms with Gasteiger partial charge in [-0.2, -0.15) is 0 Å². The number of thiophene rings is 1. The Kier molecular flexibility index (Phi) is 9.50. The van der Waals surface area contributed by atoms with Gasteiger partial charge in [0, 0.05) is 42.8 Å². The highest BCUT2D eigenvalue weighted by Gasteiger charge is 2.34. The Morgan fingerprint density at radius 2 is 1.32 bits per heavy atom. The number of nitrogens with one attached hydrogen (secondary N) is 3. The lowest BCUT2D eigenvalue weighted by Crippen LogP contribution is -2.52. The number of aliphatic imine (C=N–C) groups is 3. The fourth-order valence-corrected chi connectivity index (χ4v) is 10.9. The molecule has 0 saturated heterocycles. The molecule has 0 amide bonds. The number of rotatable bonds is 7. The molecule has 0 bridgehead atoms. The van der Waals surface area contributed by atoms with Gasteiger partial charge in [0.1, 0.15) is 36.0 Å². The van der Waals surface area contributed by atoms with Crippen LogP contribution in [0, 0.1) is 5.92 Å². The topological polar surface area (TPSA) is 73.2 Å². The molecule has 2 aliphatic heterocycles. The minimum Gasteiger partial charge on any atom is -0.351 e. The van der Waals surface area contributed by atoms with E-state index in [1.807, 2.05) is 11.3 Å². The molecule has 0 spiro atoms. The minimum atomic E-state index is -0.334. The van der Waals surface area contributed by atoms with Crippen LogP contribution in [0.2, 0.25) is 0 Å². The number of benzene rings is 7. The standard InChI is InChI=1S/C56H44N6S/c1-3-18-37(19-4-1)51-57-53(61-55(59-51)45-28-13-22-35-16-7-9-24-42(35)45)40-32-39(44-27-15-31-49-50(44)47-26-11-12-30-48(47)63-49)33-41(34-40)54-58-52(38-20-5-2-6-21-38)60-56(62-54)46-29-14-23-36-17-8-10-25-43(36)46/h1-13,15-22,24-33,40,52,54-55,58H,14,23,34H2,(H,60,62)(H,57,59,61). The van der Waals surface area contributed by atoms with Crippen molar-refractivity contribution in [3.05, 3.63) is 227 Å². The van der Waals surface area contributed by atoms with Crippen LogP contribution in [-0.2, 0) is 6.42 Å². The third kappa shape index (κ3) is 7.00. The van der Waals surface area contributed by atoms with Gasteiger partial charge in [0.05, 0.1) is 0 Å². The van der Waals surface area contributed by atoms with Gasteiger partial charge < -0.3 is 10.6 Å². The average molecular weight is 833 g/mol. The van der Waals surface area contributed by atoms with E-state index in [0.29, 0.717) is 6.42 Å². The SMILES string of the molecule is C1=C(C2=NC(c3ccccc3)NC(C3=CC(c4cccc5sc6ccccc6c45)=CC(C4=NC(c5cccc6ccccc56)NC(c5ccccc5)=N4)C3)N2)c2ccccc2CC1. The predicted octanol–water partition coefficient (Wildman–Crippen LogP) is 12.3. The number of nitrogens with zero attached hydrogens (tertiary/aromatic N) is 3. The van der Waals surface area contributed by atoms with Crippen molar-refractivity contribution in [2.24, 2.45) is 20.9 Å². The summed E-state index contributed by atoms with van der Waals surface area (Å²) in [5.74, 6) is 2.42. The second-order valence-corrected chi connectivity index (χ2v) is 17.8. The molecule has 6 nitrogen and oxygen atoms in total. The van der Waals surface area contributed by atoms with Gasteiger partial charge in [-0.15, -0.1) is 11.3 Å². The Balaban J connectivity index is 1.02. The quantitative estimate of drug-likeness (QED) is 0.150. The van der Waals surface area contributed by atoms with Gasteiger partial charge >= 0.3 is 0 Å². The van der Waals surface area contributed by atoms with Crippen molar-refractivity contribution in [2.75, 3.05) is 0 Å². The molecule has 8 aromatic rings. The van der Waals surface area contributed by atoms with Gasteiger partial charge in [-0.3, -0.25) is 5.32 Å². The van der Waals surface area contributed by atoms with Crippen LogP contribution in [0.3, 0.4) is 0 Å². The summed E-state index contributed by atoms with van der Waals surface area (Å²) >= 11 is 1.85. The maximum absolute atomic E-state index is 5.56. The molecule has 63 heavy (non-hydrogen) atoms. The highest BCUT2D eigenvalue weighted by atomic mass is 32.1. The van der Waals surface area contributed by atoms with Gasteiger partial charge in [0.25, 0.3) is 0 Å². The van der Waals surface area contributed by atoms with Crippen LogP contribution in [0.4, 0.5) is 0 Å². The third-order valence-electron chi connectivity index (χ3n) is 12.8. The van der Waals surface area contributed by atoms with Crippen molar-refractivity contribution >= 4 is 70.9 Å². The van der Waals surface area contributed by atoms with E-state index in [-0.39, 0.29) is 24.4 Å². The fraction of sp³-hybridized carbons (Fsp3) is 0.125. The van der Waals surface area contributed by atoms with Crippen LogP contribution in [0.15, 0.2) is 209 Å². The summed E-state index contributed by atoms with van der Waals surface area (Å²) in [7, 11) is 0. The molecular formula is C56H44N6S. The lowest BCUT2D eigenvalue weighted by molar-refractivity contribution is 0.427. The number of fused-ring (bicyclic) bond motifs is 5. The highest BCUT2D eigenvalue weighted by Crippen LogP contribution is 2.42. The summed E-state index contributed by atoms with van der Waals surface area (Å²) in [5, 5.41) is 16.6. The Morgan fingerprint density at radius 1 is 0.587 bits per heavy atom. The zero-order chi connectivity index (χ0) is 41.7. The zero-order valence-electron chi connectivity index (χ0n) is 34.6. The minimum absolute atomic E-state index is 0.130. The van der Waals surface area contributed by atoms with Crippen molar-refractivity contribution < 1.29 is 0 Å². The monoisotopic (exact) mass is 832 g/mol. The van der Waals surface area contributed by atoms with Crippen molar-refractivity contribution in [1.82, 2.24) is 16.0 Å². The Morgan fingerprint density at radius 3 is 2.22 bits per heavy atom. The fourth-order valence-electron chi connectivity index (χ4n) is 9.81. The van der Waals surface area contributed by atoms with Crippen molar-refractivity contribution in [1.29, 1.82) is 0 Å². The van der Waals surface area contributed by atoms with E-state index in [1.165, 1.54) is 64.4 Å². The number of hydrogen-bond acceptors (Lipinski definition) is 7. The van der Waals surface area contributed by atoms with Crippen molar-refractivity contribution in [3.63, 3.8) is 0 Å². The van der Waals surface area contributed by atoms with Crippen LogP contribution in [0.5, 0.6) is 0 Å². The summed E-state index contributed by atoms with van der Waals surface area (Å²) in [6.45, 7) is 0. The maximum Gasteiger partial charge on any atom is 0.148 e. The van der Waals surface area contributed by atoms with E-state index in [2.05, 4.69) is 204 Å². The molecule has 4 aliphatic rings. The first kappa shape index (κ1) is 37.6. The molecule has 304 valence electrons. The van der Waals surface area contributed by atoms with E-state index in [1.54, 1.807) is 0 Å². The van der Waals surface area contributed by atoms with Crippen LogP contribution in [-0.4, -0.2) is 23.7 Å². The van der Waals surface area contributed by atoms with E-state index in [9.17, 15) is 0 Å². The molecule has 0 fully saturated rings. The van der Waals surface area contributed by atoms with Gasteiger partial charge in [0.15, 0.2) is 0 Å². The second kappa shape index (κ2) is 15.9. The summed E-state index contributed by atoms with van der Waals surface area (Å²) in [6.07, 6.45) is 9.11. The predicted molar refractivity (Wildman–Crippen MR) is 263 cm³/mol. The Labute approximate surface area is 370 Å². The van der Waals surface area contributed by atoms with E-state index < -0.39 is 0 Å². The molecule has 4 atom stereocenters. The highest BCUT2D eigenvalue weighted by molar-refractivity contribution is 7.25. The van der Waals surface area contributed by atoms with E-state index in [0.717, 1.165) is 47.0 Å². The second-order valence-electron chi connectivity index (χ2n) is 16.7. The molecule has 3 N–H and O–H groups in total. The summed E-state index contributed by atoms with van der Waals surface area (Å²) in [6, 6.07) is 60.5.